The molecule has 1 aromatic heterocycles. The number of ketones is 1. The van der Waals surface area contributed by atoms with Crippen molar-refractivity contribution in [2.45, 2.75) is 32.7 Å². The quantitative estimate of drug-likeness (QED) is 0.906. The van der Waals surface area contributed by atoms with E-state index in [-0.39, 0.29) is 11.8 Å². The van der Waals surface area contributed by atoms with Gasteiger partial charge in [-0.3, -0.25) is 4.79 Å². The Hall–Kier alpha value is -0.190. The highest BCUT2D eigenvalue weighted by atomic mass is 79.9. The lowest BCUT2D eigenvalue weighted by Gasteiger charge is -2.11. The number of Topliss-reactive ketones (excluding diaryl/α,β-unsaturated/α-hetero) is 1. The van der Waals surface area contributed by atoms with Crippen molar-refractivity contribution in [1.82, 2.24) is 0 Å². The number of rotatable bonds is 5. The SMILES string of the molecule is CC(C)CC(N)C(=O)Cc1cc(Br)cs1. The summed E-state index contributed by atoms with van der Waals surface area (Å²) >= 11 is 4.96. The minimum absolute atomic E-state index is 0.137. The fourth-order valence-corrected chi connectivity index (χ4v) is 2.85. The van der Waals surface area contributed by atoms with Gasteiger partial charge in [0.25, 0.3) is 0 Å². The summed E-state index contributed by atoms with van der Waals surface area (Å²) in [4.78, 5) is 12.8. The van der Waals surface area contributed by atoms with E-state index in [1.165, 1.54) is 0 Å². The van der Waals surface area contributed by atoms with Gasteiger partial charge in [-0.05, 0) is 34.3 Å². The van der Waals surface area contributed by atoms with Crippen LogP contribution in [0, 0.1) is 5.92 Å². The summed E-state index contributed by atoms with van der Waals surface area (Å²) in [6, 6.07) is 1.66. The molecule has 0 bridgehead atoms. The lowest BCUT2D eigenvalue weighted by Crippen LogP contribution is -2.32. The van der Waals surface area contributed by atoms with Crippen LogP contribution in [-0.2, 0) is 11.2 Å². The molecule has 0 aliphatic carbocycles. The van der Waals surface area contributed by atoms with E-state index in [0.29, 0.717) is 12.3 Å². The molecule has 0 fully saturated rings. The van der Waals surface area contributed by atoms with E-state index >= 15 is 0 Å². The van der Waals surface area contributed by atoms with Crippen molar-refractivity contribution < 1.29 is 4.79 Å². The van der Waals surface area contributed by atoms with Gasteiger partial charge in [-0.25, -0.2) is 0 Å². The Labute approximate surface area is 103 Å². The van der Waals surface area contributed by atoms with Crippen LogP contribution < -0.4 is 5.73 Å². The van der Waals surface area contributed by atoms with Crippen molar-refractivity contribution >= 4 is 33.0 Å². The average molecular weight is 290 g/mol. The molecule has 1 heterocycles. The molecule has 0 amide bonds. The summed E-state index contributed by atoms with van der Waals surface area (Å²) in [5.74, 6) is 0.608. The van der Waals surface area contributed by atoms with Crippen molar-refractivity contribution in [3.63, 3.8) is 0 Å². The number of hydrogen-bond donors (Lipinski definition) is 1. The molecule has 1 unspecified atom stereocenters. The molecule has 0 aliphatic heterocycles. The molecule has 4 heteroatoms. The average Bonchev–Trinajstić information content (AvgIpc) is 2.50. The zero-order chi connectivity index (χ0) is 11.4. The van der Waals surface area contributed by atoms with Crippen LogP contribution in [0.4, 0.5) is 0 Å². The molecular formula is C11H16BrNOS. The number of carbonyl (C=O) groups is 1. The van der Waals surface area contributed by atoms with Crippen LogP contribution in [0.5, 0.6) is 0 Å². The fourth-order valence-electron chi connectivity index (χ4n) is 1.39. The van der Waals surface area contributed by atoms with E-state index in [0.717, 1.165) is 15.8 Å². The molecule has 0 aliphatic rings. The van der Waals surface area contributed by atoms with E-state index < -0.39 is 0 Å². The second-order valence-electron chi connectivity index (χ2n) is 4.11. The maximum atomic E-state index is 11.7. The van der Waals surface area contributed by atoms with Crippen LogP contribution in [0.3, 0.4) is 0 Å². The second-order valence-corrected chi connectivity index (χ2v) is 6.02. The summed E-state index contributed by atoms with van der Waals surface area (Å²) < 4.78 is 1.03. The van der Waals surface area contributed by atoms with Gasteiger partial charge in [-0.15, -0.1) is 11.3 Å². The van der Waals surface area contributed by atoms with Crippen LogP contribution >= 0.6 is 27.3 Å². The van der Waals surface area contributed by atoms with Crippen LogP contribution in [0.2, 0.25) is 0 Å². The minimum Gasteiger partial charge on any atom is -0.321 e. The molecule has 2 N–H and O–H groups in total. The highest BCUT2D eigenvalue weighted by Gasteiger charge is 2.15. The molecule has 84 valence electrons. The summed E-state index contributed by atoms with van der Waals surface area (Å²) in [7, 11) is 0. The third-order valence-corrected chi connectivity index (χ3v) is 3.81. The van der Waals surface area contributed by atoms with Gasteiger partial charge in [0.15, 0.2) is 5.78 Å². The van der Waals surface area contributed by atoms with Crippen LogP contribution in [-0.4, -0.2) is 11.8 Å². The van der Waals surface area contributed by atoms with Crippen molar-refractivity contribution in [2.75, 3.05) is 0 Å². The third kappa shape index (κ3) is 4.45. The monoisotopic (exact) mass is 289 g/mol. The van der Waals surface area contributed by atoms with Crippen LogP contribution in [0.1, 0.15) is 25.1 Å². The van der Waals surface area contributed by atoms with E-state index in [9.17, 15) is 4.79 Å². The molecule has 1 aromatic rings. The van der Waals surface area contributed by atoms with Crippen molar-refractivity contribution in [2.24, 2.45) is 11.7 Å². The summed E-state index contributed by atoms with van der Waals surface area (Å²) in [6.07, 6.45) is 1.23. The highest BCUT2D eigenvalue weighted by Crippen LogP contribution is 2.20. The third-order valence-electron chi connectivity index (χ3n) is 2.11. The smallest absolute Gasteiger partial charge is 0.154 e. The number of carbonyl (C=O) groups excluding carboxylic acids is 1. The molecule has 15 heavy (non-hydrogen) atoms. The lowest BCUT2D eigenvalue weighted by molar-refractivity contribution is -0.119. The Balaban J connectivity index is 2.48. The molecule has 1 atom stereocenters. The maximum absolute atomic E-state index is 11.7. The van der Waals surface area contributed by atoms with Gasteiger partial charge in [0.05, 0.1) is 6.04 Å². The zero-order valence-corrected chi connectivity index (χ0v) is 11.4. The number of thiophene rings is 1. The van der Waals surface area contributed by atoms with E-state index in [4.69, 9.17) is 5.73 Å². The molecule has 0 spiro atoms. The van der Waals surface area contributed by atoms with Crippen LogP contribution in [0.15, 0.2) is 15.9 Å². The van der Waals surface area contributed by atoms with Gasteiger partial charge >= 0.3 is 0 Å². The molecule has 1 rings (SSSR count). The minimum atomic E-state index is -0.314. The maximum Gasteiger partial charge on any atom is 0.154 e. The van der Waals surface area contributed by atoms with E-state index in [1.54, 1.807) is 11.3 Å². The van der Waals surface area contributed by atoms with Crippen molar-refractivity contribution in [3.8, 4) is 0 Å². The Morgan fingerprint density at radius 3 is 2.73 bits per heavy atom. The Bertz CT molecular complexity index is 335. The molecule has 0 saturated heterocycles. The summed E-state index contributed by atoms with van der Waals surface area (Å²) in [5.41, 5.74) is 5.82. The van der Waals surface area contributed by atoms with Gasteiger partial charge in [0, 0.05) is 21.2 Å². The van der Waals surface area contributed by atoms with Gasteiger partial charge in [0.1, 0.15) is 0 Å². The van der Waals surface area contributed by atoms with Crippen molar-refractivity contribution in [3.05, 3.63) is 20.8 Å². The molecule has 2 nitrogen and oxygen atoms in total. The predicted octanol–water partition coefficient (Wildman–Crippen LogP) is 3.00. The Morgan fingerprint density at radius 2 is 2.27 bits per heavy atom. The summed E-state index contributed by atoms with van der Waals surface area (Å²) in [5, 5.41) is 1.98. The molecule has 0 saturated carbocycles. The normalized spacial score (nSPS) is 13.1. The van der Waals surface area contributed by atoms with Crippen LogP contribution in [0.25, 0.3) is 0 Å². The van der Waals surface area contributed by atoms with E-state index in [2.05, 4.69) is 29.8 Å². The first-order valence-electron chi connectivity index (χ1n) is 5.00. The van der Waals surface area contributed by atoms with Gasteiger partial charge < -0.3 is 5.73 Å². The Kier molecular flexibility index (Phi) is 4.96. The first-order chi connectivity index (χ1) is 6.99. The largest absolute Gasteiger partial charge is 0.321 e. The molecule has 0 radical (unpaired) electrons. The zero-order valence-electron chi connectivity index (χ0n) is 9.00. The van der Waals surface area contributed by atoms with Gasteiger partial charge in [0.2, 0.25) is 0 Å². The first kappa shape index (κ1) is 12.9. The summed E-state index contributed by atoms with van der Waals surface area (Å²) in [6.45, 7) is 4.16. The second kappa shape index (κ2) is 5.77. The van der Waals surface area contributed by atoms with E-state index in [1.807, 2.05) is 11.4 Å². The van der Waals surface area contributed by atoms with Gasteiger partial charge in [-0.2, -0.15) is 0 Å². The standard InChI is InChI=1S/C11H16BrNOS/c1-7(2)3-10(13)11(14)5-9-4-8(12)6-15-9/h4,6-7,10H,3,5,13H2,1-2H3. The van der Waals surface area contributed by atoms with Gasteiger partial charge in [-0.1, -0.05) is 13.8 Å². The topological polar surface area (TPSA) is 43.1 Å². The van der Waals surface area contributed by atoms with Crippen molar-refractivity contribution in [1.29, 1.82) is 0 Å². The first-order valence-corrected chi connectivity index (χ1v) is 6.67. The molecule has 0 aromatic carbocycles. The highest BCUT2D eigenvalue weighted by molar-refractivity contribution is 9.10. The lowest BCUT2D eigenvalue weighted by atomic mass is 9.99. The number of halogens is 1. The number of nitrogens with two attached hydrogens (primary N) is 1. The molecular weight excluding hydrogens is 274 g/mol. The number of hydrogen-bond acceptors (Lipinski definition) is 3. The predicted molar refractivity (Wildman–Crippen MR) is 68.2 cm³/mol. The Morgan fingerprint density at radius 1 is 1.60 bits per heavy atom. The fraction of sp³-hybridized carbons (Fsp3) is 0.545.